The van der Waals surface area contributed by atoms with Gasteiger partial charge in [0.2, 0.25) is 0 Å². The molecular weight excluding hydrogens is 274 g/mol. The Balaban J connectivity index is 1.88. The molecule has 5 nitrogen and oxygen atoms in total. The zero-order valence-electron chi connectivity index (χ0n) is 12.8. The Morgan fingerprint density at radius 2 is 1.75 bits per heavy atom. The quantitative estimate of drug-likeness (QED) is 0.807. The van der Waals surface area contributed by atoms with E-state index in [1.165, 1.54) is 0 Å². The molecule has 1 saturated carbocycles. The van der Waals surface area contributed by atoms with Crippen LogP contribution in [0.15, 0.2) is 0 Å². The van der Waals surface area contributed by atoms with Crippen molar-refractivity contribution < 1.29 is 8.42 Å². The zero-order chi connectivity index (χ0) is 14.6. The van der Waals surface area contributed by atoms with Gasteiger partial charge in [0, 0.05) is 26.2 Å². The van der Waals surface area contributed by atoms with E-state index in [-0.39, 0.29) is 6.04 Å². The summed E-state index contributed by atoms with van der Waals surface area (Å²) in [5.74, 6) is 0.623. The highest BCUT2D eigenvalue weighted by Gasteiger charge is 2.35. The smallest absolute Gasteiger partial charge is 0.281 e. The van der Waals surface area contributed by atoms with Gasteiger partial charge in [-0.25, -0.2) is 0 Å². The zero-order valence-corrected chi connectivity index (χ0v) is 13.7. The lowest BCUT2D eigenvalue weighted by Crippen LogP contribution is -2.49. The van der Waals surface area contributed by atoms with Crippen molar-refractivity contribution >= 4 is 10.2 Å². The first kappa shape index (κ1) is 16.2. The van der Waals surface area contributed by atoms with Gasteiger partial charge >= 0.3 is 0 Å². The third-order valence-corrected chi connectivity index (χ3v) is 6.83. The second-order valence-corrected chi connectivity index (χ2v) is 8.10. The minimum absolute atomic E-state index is 0.222. The van der Waals surface area contributed by atoms with Gasteiger partial charge in [-0.3, -0.25) is 0 Å². The number of hydrogen-bond donors (Lipinski definition) is 1. The average molecular weight is 303 g/mol. The Morgan fingerprint density at radius 3 is 2.30 bits per heavy atom. The van der Waals surface area contributed by atoms with Crippen molar-refractivity contribution in [3.8, 4) is 0 Å². The SMILES string of the molecule is CCNCC1CCN(S(=O)(=O)N(C)C2CCCC2)CC1. The Bertz CT molecular complexity index is 385. The van der Waals surface area contributed by atoms with Crippen molar-refractivity contribution in [1.29, 1.82) is 0 Å². The van der Waals surface area contributed by atoms with E-state index in [0.29, 0.717) is 19.0 Å². The maximum atomic E-state index is 12.6. The Kier molecular flexibility index (Phi) is 5.84. The third-order valence-electron chi connectivity index (χ3n) is 4.79. The van der Waals surface area contributed by atoms with E-state index in [1.807, 2.05) is 0 Å². The first-order valence-electron chi connectivity index (χ1n) is 7.99. The van der Waals surface area contributed by atoms with Gasteiger partial charge < -0.3 is 5.32 Å². The van der Waals surface area contributed by atoms with Crippen LogP contribution in [0.3, 0.4) is 0 Å². The summed E-state index contributed by atoms with van der Waals surface area (Å²) in [5, 5.41) is 3.36. The summed E-state index contributed by atoms with van der Waals surface area (Å²) in [6.07, 6.45) is 6.32. The van der Waals surface area contributed by atoms with Gasteiger partial charge in [0.25, 0.3) is 10.2 Å². The minimum Gasteiger partial charge on any atom is -0.317 e. The van der Waals surface area contributed by atoms with Gasteiger partial charge in [0.1, 0.15) is 0 Å². The molecule has 0 atom stereocenters. The van der Waals surface area contributed by atoms with Crippen molar-refractivity contribution in [2.45, 2.75) is 51.5 Å². The number of piperidine rings is 1. The molecule has 1 aliphatic heterocycles. The van der Waals surface area contributed by atoms with Crippen LogP contribution in [0.25, 0.3) is 0 Å². The molecule has 0 amide bonds. The van der Waals surface area contributed by atoms with Crippen molar-refractivity contribution in [2.24, 2.45) is 5.92 Å². The molecule has 1 aliphatic carbocycles. The van der Waals surface area contributed by atoms with Crippen molar-refractivity contribution in [1.82, 2.24) is 13.9 Å². The second-order valence-electron chi connectivity index (χ2n) is 6.11. The number of rotatable bonds is 6. The molecule has 2 aliphatic rings. The van der Waals surface area contributed by atoms with Crippen LogP contribution in [-0.2, 0) is 10.2 Å². The van der Waals surface area contributed by atoms with Crippen LogP contribution in [0, 0.1) is 5.92 Å². The lowest BCUT2D eigenvalue weighted by Gasteiger charge is -2.35. The highest BCUT2D eigenvalue weighted by atomic mass is 32.2. The minimum atomic E-state index is -3.24. The monoisotopic (exact) mass is 303 g/mol. The number of nitrogens with zero attached hydrogens (tertiary/aromatic N) is 2. The predicted molar refractivity (Wildman–Crippen MR) is 81.8 cm³/mol. The molecule has 0 unspecified atom stereocenters. The maximum Gasteiger partial charge on any atom is 0.281 e. The molecule has 118 valence electrons. The second kappa shape index (κ2) is 7.20. The first-order valence-corrected chi connectivity index (χ1v) is 9.39. The van der Waals surface area contributed by atoms with Gasteiger partial charge in [-0.2, -0.15) is 17.0 Å². The molecule has 2 rings (SSSR count). The molecule has 20 heavy (non-hydrogen) atoms. The van der Waals surface area contributed by atoms with Gasteiger partial charge in [0.15, 0.2) is 0 Å². The van der Waals surface area contributed by atoms with Gasteiger partial charge in [0.05, 0.1) is 0 Å². The Labute approximate surface area is 123 Å². The first-order chi connectivity index (χ1) is 9.55. The van der Waals surface area contributed by atoms with E-state index in [9.17, 15) is 8.42 Å². The van der Waals surface area contributed by atoms with Crippen LogP contribution >= 0.6 is 0 Å². The van der Waals surface area contributed by atoms with E-state index >= 15 is 0 Å². The van der Waals surface area contributed by atoms with Crippen molar-refractivity contribution in [3.05, 3.63) is 0 Å². The molecule has 1 saturated heterocycles. The van der Waals surface area contributed by atoms with E-state index < -0.39 is 10.2 Å². The molecule has 1 N–H and O–H groups in total. The summed E-state index contributed by atoms with van der Waals surface area (Å²) in [7, 11) is -1.48. The fourth-order valence-corrected chi connectivity index (χ4v) is 4.96. The average Bonchev–Trinajstić information content (AvgIpc) is 2.98. The summed E-state index contributed by atoms with van der Waals surface area (Å²) in [6, 6.07) is 0.222. The summed E-state index contributed by atoms with van der Waals surface area (Å²) in [5.41, 5.74) is 0. The van der Waals surface area contributed by atoms with Crippen molar-refractivity contribution in [3.63, 3.8) is 0 Å². The molecule has 0 aromatic rings. The summed E-state index contributed by atoms with van der Waals surface area (Å²) in [4.78, 5) is 0. The Morgan fingerprint density at radius 1 is 1.15 bits per heavy atom. The van der Waals surface area contributed by atoms with Crippen LogP contribution in [0.2, 0.25) is 0 Å². The van der Waals surface area contributed by atoms with Gasteiger partial charge in [-0.05, 0) is 44.7 Å². The highest BCUT2D eigenvalue weighted by Crippen LogP contribution is 2.27. The number of nitrogens with one attached hydrogen (secondary N) is 1. The third kappa shape index (κ3) is 3.72. The van der Waals surface area contributed by atoms with Crippen LogP contribution in [-0.4, -0.2) is 56.3 Å². The van der Waals surface area contributed by atoms with Crippen molar-refractivity contribution in [2.75, 3.05) is 33.2 Å². The van der Waals surface area contributed by atoms with E-state index in [4.69, 9.17) is 0 Å². The number of hydrogen-bond acceptors (Lipinski definition) is 3. The van der Waals surface area contributed by atoms with E-state index in [0.717, 1.165) is 51.6 Å². The largest absolute Gasteiger partial charge is 0.317 e. The predicted octanol–water partition coefficient (Wildman–Crippen LogP) is 1.43. The highest BCUT2D eigenvalue weighted by molar-refractivity contribution is 7.86. The molecule has 2 fully saturated rings. The van der Waals surface area contributed by atoms with Gasteiger partial charge in [-0.15, -0.1) is 0 Å². The lowest BCUT2D eigenvalue weighted by molar-refractivity contribution is 0.245. The summed E-state index contributed by atoms with van der Waals surface area (Å²) >= 11 is 0. The van der Waals surface area contributed by atoms with Gasteiger partial charge in [-0.1, -0.05) is 19.8 Å². The summed E-state index contributed by atoms with van der Waals surface area (Å²) < 4.78 is 28.6. The molecular formula is C14H29N3O2S. The van der Waals surface area contributed by atoms with Crippen LogP contribution in [0.1, 0.15) is 45.4 Å². The Hall–Kier alpha value is -0.170. The normalized spacial score (nSPS) is 23.8. The van der Waals surface area contributed by atoms with E-state index in [2.05, 4.69) is 12.2 Å². The molecule has 0 aromatic heterocycles. The molecule has 0 aromatic carbocycles. The topological polar surface area (TPSA) is 52.7 Å². The van der Waals surface area contributed by atoms with E-state index in [1.54, 1.807) is 15.7 Å². The molecule has 0 radical (unpaired) electrons. The maximum absolute atomic E-state index is 12.6. The fourth-order valence-electron chi connectivity index (χ4n) is 3.33. The van der Waals surface area contributed by atoms with Crippen LogP contribution in [0.4, 0.5) is 0 Å². The summed E-state index contributed by atoms with van der Waals surface area (Å²) in [6.45, 7) is 5.47. The molecule has 6 heteroatoms. The van der Waals surface area contributed by atoms with Crippen LogP contribution in [0.5, 0.6) is 0 Å². The van der Waals surface area contributed by atoms with Crippen LogP contribution < -0.4 is 5.32 Å². The standard InChI is InChI=1S/C14H29N3O2S/c1-3-15-12-13-8-10-17(11-9-13)20(18,19)16(2)14-6-4-5-7-14/h13-15H,3-12H2,1-2H3. The molecule has 1 heterocycles. The fraction of sp³-hybridized carbons (Fsp3) is 1.00. The lowest BCUT2D eigenvalue weighted by atomic mass is 9.98. The molecule has 0 spiro atoms. The molecule has 0 bridgehead atoms.